The maximum atomic E-state index is 9.58. The highest BCUT2D eigenvalue weighted by Gasteiger charge is 2.36. The SMILES string of the molecule is CN(CCO)c1ccc2c(c1)C(C)(C)c1cc(N(C)CCO)ccc1C2=c1cc2c3c(c1)SCC[N+]=3CCS2. The van der Waals surface area contributed by atoms with Crippen molar-refractivity contribution in [3.8, 4) is 0 Å². The highest BCUT2D eigenvalue weighted by atomic mass is 32.2. The smallest absolute Gasteiger partial charge is 0.227 e. The zero-order valence-corrected chi connectivity index (χ0v) is 25.0. The maximum absolute atomic E-state index is 9.58. The molecule has 0 bridgehead atoms. The molecule has 0 fully saturated rings. The summed E-state index contributed by atoms with van der Waals surface area (Å²) in [5, 5.41) is 21.9. The molecule has 3 aliphatic rings. The fourth-order valence-corrected chi connectivity index (χ4v) is 8.59. The number of rotatable bonds is 6. The van der Waals surface area contributed by atoms with Crippen LogP contribution in [0.3, 0.4) is 0 Å². The molecule has 39 heavy (non-hydrogen) atoms. The molecule has 0 saturated carbocycles. The Bertz CT molecular complexity index is 1460. The van der Waals surface area contributed by atoms with Gasteiger partial charge in [0.2, 0.25) is 5.36 Å². The summed E-state index contributed by atoms with van der Waals surface area (Å²) < 4.78 is 2.57. The number of anilines is 2. The first-order valence-electron chi connectivity index (χ1n) is 13.8. The third-order valence-electron chi connectivity index (χ3n) is 8.53. The van der Waals surface area contributed by atoms with Crippen LogP contribution >= 0.6 is 23.5 Å². The Morgan fingerprint density at radius 1 is 0.769 bits per heavy atom. The van der Waals surface area contributed by atoms with Gasteiger partial charge in [-0.15, -0.1) is 23.5 Å². The second-order valence-electron chi connectivity index (χ2n) is 11.3. The number of hydrogen-bond donors (Lipinski definition) is 2. The Morgan fingerprint density at radius 3 is 1.72 bits per heavy atom. The van der Waals surface area contributed by atoms with Crippen molar-refractivity contribution in [2.24, 2.45) is 0 Å². The van der Waals surface area contributed by atoms with E-state index < -0.39 is 0 Å². The molecule has 2 N–H and O–H groups in total. The molecule has 3 aromatic carbocycles. The van der Waals surface area contributed by atoms with Crippen LogP contribution in [0.4, 0.5) is 11.4 Å². The van der Waals surface area contributed by atoms with Gasteiger partial charge in [0.15, 0.2) is 13.1 Å². The minimum absolute atomic E-state index is 0.127. The van der Waals surface area contributed by atoms with Crippen molar-refractivity contribution in [1.29, 1.82) is 0 Å². The first-order valence-corrected chi connectivity index (χ1v) is 15.8. The number of benzene rings is 3. The van der Waals surface area contributed by atoms with Crippen molar-refractivity contribution in [2.45, 2.75) is 29.1 Å². The van der Waals surface area contributed by atoms with Gasteiger partial charge in [-0.1, -0.05) is 26.0 Å². The summed E-state index contributed by atoms with van der Waals surface area (Å²) in [6.07, 6.45) is 0. The number of fused-ring (bicyclic) bond motifs is 2. The summed E-state index contributed by atoms with van der Waals surface area (Å²) in [5.41, 5.74) is 8.51. The highest BCUT2D eigenvalue weighted by Crippen LogP contribution is 2.47. The van der Waals surface area contributed by atoms with Gasteiger partial charge >= 0.3 is 0 Å². The van der Waals surface area contributed by atoms with Gasteiger partial charge in [-0.25, -0.2) is 4.58 Å². The first kappa shape index (κ1) is 26.8. The van der Waals surface area contributed by atoms with Crippen LogP contribution in [0.15, 0.2) is 58.3 Å². The number of likely N-dealkylation sites (N-methyl/N-ethyl adjacent to an activating group) is 2. The lowest BCUT2D eigenvalue weighted by Crippen LogP contribution is -2.42. The Labute approximate surface area is 239 Å². The molecule has 3 aromatic rings. The summed E-state index contributed by atoms with van der Waals surface area (Å²) >= 11 is 3.98. The van der Waals surface area contributed by atoms with E-state index >= 15 is 0 Å². The number of aliphatic hydroxyl groups is 2. The molecule has 2 heterocycles. The number of hydrogen-bond acceptors (Lipinski definition) is 6. The average molecular weight is 561 g/mol. The topological polar surface area (TPSA) is 49.9 Å². The van der Waals surface area contributed by atoms with E-state index in [-0.39, 0.29) is 18.6 Å². The number of thioether (sulfide) groups is 2. The normalized spacial score (nSPS) is 16.9. The van der Waals surface area contributed by atoms with Crippen LogP contribution in [0.2, 0.25) is 0 Å². The average Bonchev–Trinajstić information content (AvgIpc) is 2.93. The molecule has 204 valence electrons. The van der Waals surface area contributed by atoms with Gasteiger partial charge in [0.05, 0.1) is 34.5 Å². The summed E-state index contributed by atoms with van der Waals surface area (Å²) in [4.78, 5) is 7.06. The number of aliphatic hydroxyl groups excluding tert-OH is 2. The molecule has 2 aliphatic heterocycles. The van der Waals surface area contributed by atoms with Crippen molar-refractivity contribution >= 4 is 40.5 Å². The third-order valence-corrected chi connectivity index (χ3v) is 10.5. The van der Waals surface area contributed by atoms with Crippen LogP contribution in [0.1, 0.15) is 36.1 Å². The Kier molecular flexibility index (Phi) is 7.21. The second-order valence-corrected chi connectivity index (χ2v) is 13.5. The molecular formula is C32H38N3O2S2+. The Balaban J connectivity index is 1.66. The lowest BCUT2D eigenvalue weighted by molar-refractivity contribution is 0.304. The minimum Gasteiger partial charge on any atom is -0.395 e. The second kappa shape index (κ2) is 10.5. The van der Waals surface area contributed by atoms with Crippen LogP contribution in [-0.2, 0) is 5.41 Å². The molecule has 5 nitrogen and oxygen atoms in total. The van der Waals surface area contributed by atoms with Gasteiger partial charge in [0.25, 0.3) is 0 Å². The van der Waals surface area contributed by atoms with Crippen LogP contribution in [0.25, 0.3) is 5.57 Å². The molecule has 0 radical (unpaired) electrons. The van der Waals surface area contributed by atoms with Gasteiger partial charge in [0.1, 0.15) is 0 Å². The summed E-state index contributed by atoms with van der Waals surface area (Å²) in [5.74, 6) is 2.27. The fraction of sp³-hybridized carbons (Fsp3) is 0.406. The van der Waals surface area contributed by atoms with Gasteiger partial charge in [-0.2, -0.15) is 0 Å². The predicted molar refractivity (Wildman–Crippen MR) is 165 cm³/mol. The Hall–Kier alpha value is -2.45. The minimum atomic E-state index is -0.219. The molecule has 1 aliphatic carbocycles. The first-order chi connectivity index (χ1) is 18.8. The molecule has 0 amide bonds. The van der Waals surface area contributed by atoms with Crippen molar-refractivity contribution in [3.05, 3.63) is 81.4 Å². The molecule has 0 unspecified atom stereocenters. The van der Waals surface area contributed by atoms with Crippen LogP contribution in [0.5, 0.6) is 0 Å². The largest absolute Gasteiger partial charge is 0.395 e. The van der Waals surface area contributed by atoms with Crippen LogP contribution in [0, 0.1) is 0 Å². The van der Waals surface area contributed by atoms with E-state index in [9.17, 15) is 10.2 Å². The molecule has 6 rings (SSSR count). The summed E-state index contributed by atoms with van der Waals surface area (Å²) in [6.45, 7) is 8.37. The van der Waals surface area contributed by atoms with Gasteiger partial charge in [0, 0.05) is 44.0 Å². The lowest BCUT2D eigenvalue weighted by atomic mass is 9.66. The molecule has 7 heteroatoms. The predicted octanol–water partition coefficient (Wildman–Crippen LogP) is 3.13. The van der Waals surface area contributed by atoms with Crippen LogP contribution in [-0.4, -0.2) is 75.2 Å². The van der Waals surface area contributed by atoms with Gasteiger partial charge in [-0.3, -0.25) is 0 Å². The van der Waals surface area contributed by atoms with Crippen molar-refractivity contribution < 1.29 is 10.2 Å². The lowest BCUT2D eigenvalue weighted by Gasteiger charge is -2.38. The summed E-state index contributed by atoms with van der Waals surface area (Å²) in [6, 6.07) is 18.5. The maximum Gasteiger partial charge on any atom is 0.227 e. The van der Waals surface area contributed by atoms with E-state index in [2.05, 4.69) is 76.8 Å². The fourth-order valence-electron chi connectivity index (χ4n) is 6.29. The van der Waals surface area contributed by atoms with E-state index in [1.165, 1.54) is 48.2 Å². The zero-order valence-electron chi connectivity index (χ0n) is 23.3. The van der Waals surface area contributed by atoms with E-state index in [1.807, 2.05) is 37.6 Å². The van der Waals surface area contributed by atoms with E-state index in [1.54, 1.807) is 0 Å². The third kappa shape index (κ3) is 4.57. The van der Waals surface area contributed by atoms with Gasteiger partial charge < -0.3 is 20.0 Å². The van der Waals surface area contributed by atoms with Gasteiger partial charge in [-0.05, 0) is 69.4 Å². The molecule has 0 spiro atoms. The van der Waals surface area contributed by atoms with Crippen molar-refractivity contribution in [1.82, 2.24) is 4.58 Å². The zero-order chi connectivity index (χ0) is 27.3. The standard InChI is InChI=1S/C32H38N3O2S2/c1-32(2)26-19-22(33(3)9-13-36)5-7-24(26)30(25-8-6-23(20-27(25)32)34(4)10-14-37)21-17-28-31-29(18-21)39-16-12-35(31)11-15-38-28/h5-8,17-20,36-37H,9-16H2,1-4H3/q+1. The molecule has 0 atom stereocenters. The monoisotopic (exact) mass is 560 g/mol. The summed E-state index contributed by atoms with van der Waals surface area (Å²) in [7, 11) is 4.09. The molecule has 0 saturated heterocycles. The van der Waals surface area contributed by atoms with Crippen molar-refractivity contribution in [2.75, 3.05) is 74.8 Å². The molecular weight excluding hydrogens is 523 g/mol. The highest BCUT2D eigenvalue weighted by molar-refractivity contribution is 8.00. The van der Waals surface area contributed by atoms with E-state index in [0.29, 0.717) is 13.1 Å². The Morgan fingerprint density at radius 2 is 1.26 bits per heavy atom. The van der Waals surface area contributed by atoms with E-state index in [0.717, 1.165) is 36.0 Å². The van der Waals surface area contributed by atoms with E-state index in [4.69, 9.17) is 0 Å². The molecule has 0 aromatic heterocycles. The quantitative estimate of drug-likeness (QED) is 0.452. The number of nitrogens with zero attached hydrogens (tertiary/aromatic N) is 3. The van der Waals surface area contributed by atoms with Crippen LogP contribution < -0.4 is 25.0 Å². The van der Waals surface area contributed by atoms with Crippen molar-refractivity contribution in [3.63, 3.8) is 0 Å².